The molecule has 2 rings (SSSR count). The van der Waals surface area contributed by atoms with Crippen molar-refractivity contribution in [3.8, 4) is 5.75 Å². The van der Waals surface area contributed by atoms with Gasteiger partial charge in [-0.1, -0.05) is 23.7 Å². The highest BCUT2D eigenvalue weighted by Crippen LogP contribution is 2.22. The fourth-order valence-electron chi connectivity index (χ4n) is 2.40. The second-order valence-corrected chi connectivity index (χ2v) is 5.87. The van der Waals surface area contributed by atoms with Gasteiger partial charge in [0, 0.05) is 23.3 Å². The lowest BCUT2D eigenvalue weighted by atomic mass is 10.1. The highest BCUT2D eigenvalue weighted by Gasteiger charge is 2.14. The third-order valence-corrected chi connectivity index (χ3v) is 3.89. The van der Waals surface area contributed by atoms with E-state index in [0.29, 0.717) is 23.8 Å². The largest absolute Gasteiger partial charge is 0.494 e. The van der Waals surface area contributed by atoms with Crippen LogP contribution in [0, 0.1) is 0 Å². The van der Waals surface area contributed by atoms with Crippen molar-refractivity contribution in [2.45, 2.75) is 26.5 Å². The average molecular weight is 348 g/mol. The third-order valence-electron chi connectivity index (χ3n) is 3.64. The molecule has 4 nitrogen and oxygen atoms in total. The van der Waals surface area contributed by atoms with Gasteiger partial charge in [-0.25, -0.2) is 0 Å². The van der Waals surface area contributed by atoms with Crippen LogP contribution < -0.4 is 10.1 Å². The molecule has 0 aliphatic heterocycles. The summed E-state index contributed by atoms with van der Waals surface area (Å²) in [5.41, 5.74) is 2.42. The van der Waals surface area contributed by atoms with Gasteiger partial charge in [-0.15, -0.1) is 0 Å². The molecule has 0 saturated heterocycles. The summed E-state index contributed by atoms with van der Waals surface area (Å²) in [5, 5.41) is 3.66. The molecule has 0 aliphatic carbocycles. The monoisotopic (exact) mass is 347 g/mol. The number of nitrogens with one attached hydrogen (secondary N) is 1. The lowest BCUT2D eigenvalue weighted by molar-refractivity contribution is 0.0939. The van der Waals surface area contributed by atoms with E-state index in [4.69, 9.17) is 21.1 Å². The van der Waals surface area contributed by atoms with E-state index in [-0.39, 0.29) is 11.9 Å². The molecule has 0 radical (unpaired) electrons. The molecular formula is C19H22ClNO3. The highest BCUT2D eigenvalue weighted by atomic mass is 35.5. The lowest BCUT2D eigenvalue weighted by Gasteiger charge is -2.16. The summed E-state index contributed by atoms with van der Waals surface area (Å²) in [6.45, 7) is 4.82. The van der Waals surface area contributed by atoms with Crippen LogP contribution in [0.3, 0.4) is 0 Å². The molecule has 24 heavy (non-hydrogen) atoms. The molecule has 0 aliphatic rings. The third kappa shape index (κ3) is 4.73. The zero-order valence-corrected chi connectivity index (χ0v) is 14.9. The number of carbonyl (C=O) groups is 1. The molecule has 0 heterocycles. The summed E-state index contributed by atoms with van der Waals surface area (Å²) < 4.78 is 10.7. The van der Waals surface area contributed by atoms with E-state index in [9.17, 15) is 4.79 Å². The Hall–Kier alpha value is -2.04. The van der Waals surface area contributed by atoms with Crippen molar-refractivity contribution in [2.75, 3.05) is 13.7 Å². The van der Waals surface area contributed by atoms with Crippen LogP contribution in [-0.4, -0.2) is 19.6 Å². The first-order valence-corrected chi connectivity index (χ1v) is 8.24. The minimum absolute atomic E-state index is 0.118. The normalized spacial score (nSPS) is 11.8. The molecule has 2 aromatic carbocycles. The Morgan fingerprint density at radius 2 is 1.92 bits per heavy atom. The van der Waals surface area contributed by atoms with Crippen LogP contribution >= 0.6 is 11.6 Å². The molecule has 1 N–H and O–H groups in total. The van der Waals surface area contributed by atoms with Crippen molar-refractivity contribution in [2.24, 2.45) is 0 Å². The number of hydrogen-bond donors (Lipinski definition) is 1. The summed E-state index contributed by atoms with van der Waals surface area (Å²) in [5.74, 6) is 0.597. The van der Waals surface area contributed by atoms with Crippen LogP contribution in [0.15, 0.2) is 42.5 Å². The van der Waals surface area contributed by atoms with Crippen LogP contribution in [0.25, 0.3) is 0 Å². The van der Waals surface area contributed by atoms with Crippen molar-refractivity contribution in [1.82, 2.24) is 5.32 Å². The number of carbonyl (C=O) groups excluding carboxylic acids is 1. The molecule has 1 amide bonds. The summed E-state index contributed by atoms with van der Waals surface area (Å²) in [6, 6.07) is 12.7. The summed E-state index contributed by atoms with van der Waals surface area (Å²) in [7, 11) is 1.62. The smallest absolute Gasteiger partial charge is 0.251 e. The van der Waals surface area contributed by atoms with Crippen LogP contribution in [0.1, 0.15) is 41.4 Å². The van der Waals surface area contributed by atoms with Gasteiger partial charge in [-0.2, -0.15) is 0 Å². The Kier molecular flexibility index (Phi) is 6.64. The van der Waals surface area contributed by atoms with Crippen molar-refractivity contribution < 1.29 is 14.3 Å². The van der Waals surface area contributed by atoms with Gasteiger partial charge in [-0.3, -0.25) is 4.79 Å². The van der Waals surface area contributed by atoms with Crippen molar-refractivity contribution in [3.05, 3.63) is 64.2 Å². The van der Waals surface area contributed by atoms with Crippen molar-refractivity contribution >= 4 is 17.5 Å². The van der Waals surface area contributed by atoms with E-state index >= 15 is 0 Å². The first-order chi connectivity index (χ1) is 11.5. The zero-order chi connectivity index (χ0) is 17.5. The number of hydrogen-bond acceptors (Lipinski definition) is 3. The fraction of sp³-hybridized carbons (Fsp3) is 0.316. The summed E-state index contributed by atoms with van der Waals surface area (Å²) in [6.07, 6.45) is 0. The quantitative estimate of drug-likeness (QED) is 0.808. The van der Waals surface area contributed by atoms with Gasteiger partial charge in [-0.05, 0) is 49.7 Å². The minimum atomic E-state index is -0.141. The van der Waals surface area contributed by atoms with Crippen LogP contribution in [0.5, 0.6) is 5.75 Å². The lowest BCUT2D eigenvalue weighted by Crippen LogP contribution is -2.26. The maximum Gasteiger partial charge on any atom is 0.251 e. The fourth-order valence-corrected chi connectivity index (χ4v) is 2.53. The van der Waals surface area contributed by atoms with Crippen molar-refractivity contribution in [1.29, 1.82) is 0 Å². The predicted octanol–water partition coefficient (Wildman–Crippen LogP) is 4.38. The minimum Gasteiger partial charge on any atom is -0.494 e. The molecule has 2 aromatic rings. The van der Waals surface area contributed by atoms with Crippen LogP contribution in [0.2, 0.25) is 5.02 Å². The number of ether oxygens (including phenoxy) is 2. The topological polar surface area (TPSA) is 47.6 Å². The molecule has 0 fully saturated rings. The van der Waals surface area contributed by atoms with Gasteiger partial charge in [0.2, 0.25) is 0 Å². The van der Waals surface area contributed by atoms with E-state index in [1.54, 1.807) is 25.3 Å². The van der Waals surface area contributed by atoms with Gasteiger partial charge < -0.3 is 14.8 Å². The maximum absolute atomic E-state index is 12.5. The van der Waals surface area contributed by atoms with Gasteiger partial charge in [0.25, 0.3) is 5.91 Å². The van der Waals surface area contributed by atoms with E-state index in [2.05, 4.69) is 5.32 Å². The second kappa shape index (κ2) is 8.71. The molecule has 1 atom stereocenters. The molecule has 0 bridgehead atoms. The Balaban J connectivity index is 2.13. The van der Waals surface area contributed by atoms with Gasteiger partial charge in [0.15, 0.2) is 0 Å². The molecule has 0 aromatic heterocycles. The molecule has 5 heteroatoms. The second-order valence-electron chi connectivity index (χ2n) is 5.44. The van der Waals surface area contributed by atoms with Crippen molar-refractivity contribution in [3.63, 3.8) is 0 Å². The maximum atomic E-state index is 12.5. The molecule has 0 spiro atoms. The average Bonchev–Trinajstić information content (AvgIpc) is 2.57. The van der Waals surface area contributed by atoms with Gasteiger partial charge in [0.1, 0.15) is 5.75 Å². The summed E-state index contributed by atoms with van der Waals surface area (Å²) >= 11 is 5.89. The number of amides is 1. The Labute approximate surface area is 147 Å². The number of methoxy groups -OCH3 is 1. The molecule has 1 unspecified atom stereocenters. The Morgan fingerprint density at radius 3 is 2.54 bits per heavy atom. The number of halogens is 1. The van der Waals surface area contributed by atoms with E-state index in [0.717, 1.165) is 16.9 Å². The number of rotatable bonds is 7. The SMILES string of the molecule is CCOc1ccc(C(=O)NC(C)c2ccc(Cl)cc2)cc1COC. The predicted molar refractivity (Wildman–Crippen MR) is 95.7 cm³/mol. The zero-order valence-electron chi connectivity index (χ0n) is 14.1. The Morgan fingerprint density at radius 1 is 1.21 bits per heavy atom. The van der Waals surface area contributed by atoms with E-state index in [1.165, 1.54) is 0 Å². The first-order valence-electron chi connectivity index (χ1n) is 7.86. The molecule has 0 saturated carbocycles. The standard InChI is InChI=1S/C19H22ClNO3/c1-4-24-18-10-7-15(11-16(18)12-23-3)19(22)21-13(2)14-5-8-17(20)9-6-14/h5-11,13H,4,12H2,1-3H3,(H,21,22). The van der Waals surface area contributed by atoms with E-state index in [1.807, 2.05) is 38.1 Å². The highest BCUT2D eigenvalue weighted by molar-refractivity contribution is 6.30. The van der Waals surface area contributed by atoms with Crippen LogP contribution in [-0.2, 0) is 11.3 Å². The van der Waals surface area contributed by atoms with Crippen LogP contribution in [0.4, 0.5) is 0 Å². The Bertz CT molecular complexity index is 686. The van der Waals surface area contributed by atoms with Gasteiger partial charge in [0.05, 0.1) is 19.3 Å². The molecule has 128 valence electrons. The van der Waals surface area contributed by atoms with Gasteiger partial charge >= 0.3 is 0 Å². The number of benzene rings is 2. The molecular weight excluding hydrogens is 326 g/mol. The first kappa shape index (κ1) is 18.3. The van der Waals surface area contributed by atoms with E-state index < -0.39 is 0 Å². The summed E-state index contributed by atoms with van der Waals surface area (Å²) in [4.78, 5) is 12.5.